The Bertz CT molecular complexity index is 933. The molecule has 124 valence electrons. The number of ether oxygens (including phenoxy) is 1. The van der Waals surface area contributed by atoms with Crippen molar-refractivity contribution in [3.63, 3.8) is 0 Å². The third-order valence-electron chi connectivity index (χ3n) is 3.52. The second-order valence-corrected chi connectivity index (χ2v) is 5.66. The number of halogens is 1. The van der Waals surface area contributed by atoms with Gasteiger partial charge in [0.2, 0.25) is 5.95 Å². The first-order valence-electron chi connectivity index (χ1n) is 7.37. The van der Waals surface area contributed by atoms with E-state index >= 15 is 0 Å². The standard InChI is InChI=1S/C18H14ClN5O/c19-13-5-3-12(4-6-13)16-15(23-18(22)24-17(16)21)10-25-14-7-1-11(9-20)2-8-14/h1-8H,10H2,(H4,21,22,23,24). The molecule has 25 heavy (non-hydrogen) atoms. The van der Waals surface area contributed by atoms with Gasteiger partial charge in [0.25, 0.3) is 0 Å². The molecule has 0 bridgehead atoms. The van der Waals surface area contributed by atoms with Crippen molar-refractivity contribution in [2.45, 2.75) is 6.61 Å². The van der Waals surface area contributed by atoms with Crippen LogP contribution in [-0.4, -0.2) is 9.97 Å². The van der Waals surface area contributed by atoms with E-state index in [2.05, 4.69) is 16.0 Å². The van der Waals surface area contributed by atoms with Crippen molar-refractivity contribution in [2.24, 2.45) is 0 Å². The van der Waals surface area contributed by atoms with Crippen LogP contribution >= 0.6 is 11.6 Å². The molecule has 0 saturated carbocycles. The minimum atomic E-state index is 0.0774. The maximum Gasteiger partial charge on any atom is 0.222 e. The first-order chi connectivity index (χ1) is 12.1. The second kappa shape index (κ2) is 7.07. The Morgan fingerprint density at radius 3 is 2.32 bits per heavy atom. The summed E-state index contributed by atoms with van der Waals surface area (Å²) in [6, 6.07) is 16.0. The average molecular weight is 352 g/mol. The van der Waals surface area contributed by atoms with E-state index in [0.717, 1.165) is 5.56 Å². The van der Waals surface area contributed by atoms with Crippen molar-refractivity contribution in [1.82, 2.24) is 9.97 Å². The predicted octanol–water partition coefficient (Wildman–Crippen LogP) is 3.41. The highest BCUT2D eigenvalue weighted by Crippen LogP contribution is 2.30. The van der Waals surface area contributed by atoms with Crippen molar-refractivity contribution in [3.05, 3.63) is 64.8 Å². The number of anilines is 2. The van der Waals surface area contributed by atoms with Gasteiger partial charge in [-0.15, -0.1) is 0 Å². The summed E-state index contributed by atoms with van der Waals surface area (Å²) in [5, 5.41) is 9.45. The van der Waals surface area contributed by atoms with Crippen molar-refractivity contribution in [3.8, 4) is 22.9 Å². The highest BCUT2D eigenvalue weighted by molar-refractivity contribution is 6.30. The molecule has 0 unspecified atom stereocenters. The number of nitrogens with two attached hydrogens (primary N) is 2. The van der Waals surface area contributed by atoms with Gasteiger partial charge in [-0.3, -0.25) is 0 Å². The molecule has 0 aliphatic heterocycles. The van der Waals surface area contributed by atoms with Gasteiger partial charge in [-0.05, 0) is 42.0 Å². The summed E-state index contributed by atoms with van der Waals surface area (Å²) in [7, 11) is 0. The second-order valence-electron chi connectivity index (χ2n) is 5.22. The molecular weight excluding hydrogens is 338 g/mol. The summed E-state index contributed by atoms with van der Waals surface area (Å²) in [5.41, 5.74) is 14.4. The van der Waals surface area contributed by atoms with Gasteiger partial charge in [0.1, 0.15) is 18.2 Å². The summed E-state index contributed by atoms with van der Waals surface area (Å²) >= 11 is 5.94. The molecular formula is C18H14ClN5O. The highest BCUT2D eigenvalue weighted by atomic mass is 35.5. The molecule has 0 aliphatic rings. The minimum absolute atomic E-state index is 0.0774. The number of rotatable bonds is 4. The third kappa shape index (κ3) is 3.79. The summed E-state index contributed by atoms with van der Waals surface area (Å²) in [5.74, 6) is 0.957. The van der Waals surface area contributed by atoms with Crippen molar-refractivity contribution in [2.75, 3.05) is 11.5 Å². The van der Waals surface area contributed by atoms with Crippen LogP contribution in [-0.2, 0) is 6.61 Å². The number of benzene rings is 2. The number of hydrogen-bond acceptors (Lipinski definition) is 6. The van der Waals surface area contributed by atoms with Gasteiger partial charge in [0, 0.05) is 10.6 Å². The molecule has 0 atom stereocenters. The molecule has 0 saturated heterocycles. The molecule has 0 spiro atoms. The van der Waals surface area contributed by atoms with Crippen LogP contribution in [0.25, 0.3) is 11.1 Å². The summed E-state index contributed by atoms with van der Waals surface area (Å²) in [6.45, 7) is 0.154. The smallest absolute Gasteiger partial charge is 0.222 e. The van der Waals surface area contributed by atoms with Crippen LogP contribution in [0.3, 0.4) is 0 Å². The molecule has 0 amide bonds. The zero-order valence-electron chi connectivity index (χ0n) is 13.1. The molecule has 1 heterocycles. The third-order valence-corrected chi connectivity index (χ3v) is 3.77. The molecule has 0 aliphatic carbocycles. The molecule has 0 radical (unpaired) electrons. The van der Waals surface area contributed by atoms with Crippen LogP contribution in [0.4, 0.5) is 11.8 Å². The average Bonchev–Trinajstić information content (AvgIpc) is 2.61. The van der Waals surface area contributed by atoms with Crippen LogP contribution in [0.2, 0.25) is 5.02 Å². The van der Waals surface area contributed by atoms with Crippen molar-refractivity contribution >= 4 is 23.4 Å². The van der Waals surface area contributed by atoms with Gasteiger partial charge in [-0.1, -0.05) is 23.7 Å². The number of nitriles is 1. The van der Waals surface area contributed by atoms with Crippen LogP contribution in [0.5, 0.6) is 5.75 Å². The lowest BCUT2D eigenvalue weighted by Gasteiger charge is -2.13. The number of nitrogens with zero attached hydrogens (tertiary/aromatic N) is 3. The lowest BCUT2D eigenvalue weighted by Crippen LogP contribution is -2.09. The zero-order chi connectivity index (χ0) is 17.8. The van der Waals surface area contributed by atoms with E-state index in [1.54, 1.807) is 36.4 Å². The molecule has 2 aromatic carbocycles. The quantitative estimate of drug-likeness (QED) is 0.745. The lowest BCUT2D eigenvalue weighted by molar-refractivity contribution is 0.302. The maximum absolute atomic E-state index is 8.83. The molecule has 7 heteroatoms. The summed E-state index contributed by atoms with van der Waals surface area (Å²) in [6.07, 6.45) is 0. The van der Waals surface area contributed by atoms with E-state index in [0.29, 0.717) is 27.6 Å². The SMILES string of the molecule is N#Cc1ccc(OCc2nc(N)nc(N)c2-c2ccc(Cl)cc2)cc1. The van der Waals surface area contributed by atoms with Crippen LogP contribution in [0.1, 0.15) is 11.3 Å². The molecule has 4 N–H and O–H groups in total. The van der Waals surface area contributed by atoms with Gasteiger partial charge >= 0.3 is 0 Å². The Kier molecular flexibility index (Phi) is 4.68. The Balaban J connectivity index is 1.92. The van der Waals surface area contributed by atoms with E-state index in [9.17, 15) is 0 Å². The normalized spacial score (nSPS) is 10.2. The Morgan fingerprint density at radius 1 is 1.00 bits per heavy atom. The number of hydrogen-bond donors (Lipinski definition) is 2. The van der Waals surface area contributed by atoms with Crippen LogP contribution in [0, 0.1) is 11.3 Å². The first-order valence-corrected chi connectivity index (χ1v) is 7.75. The molecule has 0 fully saturated rings. The molecule has 3 aromatic rings. The fraction of sp³-hybridized carbons (Fsp3) is 0.0556. The van der Waals surface area contributed by atoms with Crippen LogP contribution < -0.4 is 16.2 Å². The number of aromatic nitrogens is 2. The van der Waals surface area contributed by atoms with Gasteiger partial charge in [-0.2, -0.15) is 10.2 Å². The topological polar surface area (TPSA) is 111 Å². The van der Waals surface area contributed by atoms with Gasteiger partial charge in [0.15, 0.2) is 0 Å². The largest absolute Gasteiger partial charge is 0.487 e. The fourth-order valence-electron chi connectivity index (χ4n) is 2.36. The minimum Gasteiger partial charge on any atom is -0.487 e. The Labute approximate surface area is 149 Å². The van der Waals surface area contributed by atoms with Gasteiger partial charge in [-0.25, -0.2) is 4.98 Å². The van der Waals surface area contributed by atoms with E-state index in [-0.39, 0.29) is 18.4 Å². The molecule has 6 nitrogen and oxygen atoms in total. The predicted molar refractivity (Wildman–Crippen MR) is 96.8 cm³/mol. The number of nitrogen functional groups attached to an aromatic ring is 2. The van der Waals surface area contributed by atoms with Crippen molar-refractivity contribution < 1.29 is 4.74 Å². The first kappa shape index (κ1) is 16.6. The molecule has 3 rings (SSSR count). The van der Waals surface area contributed by atoms with Gasteiger partial charge < -0.3 is 16.2 Å². The van der Waals surface area contributed by atoms with Crippen LogP contribution in [0.15, 0.2) is 48.5 Å². The van der Waals surface area contributed by atoms with E-state index in [4.69, 9.17) is 33.1 Å². The highest BCUT2D eigenvalue weighted by Gasteiger charge is 2.14. The van der Waals surface area contributed by atoms with E-state index < -0.39 is 0 Å². The lowest BCUT2D eigenvalue weighted by atomic mass is 10.0. The zero-order valence-corrected chi connectivity index (χ0v) is 13.9. The van der Waals surface area contributed by atoms with Gasteiger partial charge in [0.05, 0.1) is 17.3 Å². The summed E-state index contributed by atoms with van der Waals surface area (Å²) in [4.78, 5) is 8.29. The van der Waals surface area contributed by atoms with E-state index in [1.165, 1.54) is 0 Å². The fourth-order valence-corrected chi connectivity index (χ4v) is 2.49. The maximum atomic E-state index is 8.83. The Morgan fingerprint density at radius 2 is 1.68 bits per heavy atom. The monoisotopic (exact) mass is 351 g/mol. The van der Waals surface area contributed by atoms with E-state index in [1.807, 2.05) is 12.1 Å². The molecule has 1 aromatic heterocycles. The van der Waals surface area contributed by atoms with Crippen molar-refractivity contribution in [1.29, 1.82) is 5.26 Å². The Hall–Kier alpha value is -3.30. The summed E-state index contributed by atoms with van der Waals surface area (Å²) < 4.78 is 5.75.